The Balaban J connectivity index is 2.51. The van der Waals surface area contributed by atoms with Crippen LogP contribution >= 0.6 is 0 Å². The molecule has 0 heterocycles. The van der Waals surface area contributed by atoms with Gasteiger partial charge >= 0.3 is 0 Å². The van der Waals surface area contributed by atoms with Crippen LogP contribution in [0, 0.1) is 5.82 Å². The lowest BCUT2D eigenvalue weighted by Gasteiger charge is -2.23. The van der Waals surface area contributed by atoms with Crippen LogP contribution in [0.2, 0.25) is 0 Å². The minimum Gasteiger partial charge on any atom is -0.387 e. The third-order valence-corrected chi connectivity index (χ3v) is 2.24. The van der Waals surface area contributed by atoms with E-state index in [1.54, 1.807) is 19.1 Å². The summed E-state index contributed by atoms with van der Waals surface area (Å²) in [5, 5.41) is 10.0. The van der Waals surface area contributed by atoms with Gasteiger partial charge in [-0.3, -0.25) is 0 Å². The number of benzene rings is 1. The van der Waals surface area contributed by atoms with Crippen molar-refractivity contribution in [2.24, 2.45) is 0 Å². The van der Waals surface area contributed by atoms with E-state index in [1.807, 2.05) is 6.92 Å². The summed E-state index contributed by atoms with van der Waals surface area (Å²) in [6.45, 7) is 4.63. The number of halogens is 1. The summed E-state index contributed by atoms with van der Waals surface area (Å²) < 4.78 is 18.2. The van der Waals surface area contributed by atoms with E-state index >= 15 is 0 Å². The zero-order valence-corrected chi connectivity index (χ0v) is 9.87. The van der Waals surface area contributed by atoms with Crippen LogP contribution < -0.4 is 0 Å². The second kappa shape index (κ2) is 5.97. The highest BCUT2D eigenvalue weighted by Gasteiger charge is 2.21. The van der Waals surface area contributed by atoms with E-state index in [1.165, 1.54) is 12.1 Å². The van der Waals surface area contributed by atoms with E-state index in [4.69, 9.17) is 4.74 Å². The van der Waals surface area contributed by atoms with Crippen LogP contribution in [0.15, 0.2) is 24.3 Å². The SMILES string of the molecule is CCCOCC(C)(O)Cc1cccc(F)c1. The first kappa shape index (κ1) is 13.1. The molecule has 0 aliphatic heterocycles. The number of ether oxygens (including phenoxy) is 1. The molecule has 0 bridgehead atoms. The summed E-state index contributed by atoms with van der Waals surface area (Å²) in [6, 6.07) is 6.28. The maximum absolute atomic E-state index is 12.9. The quantitative estimate of drug-likeness (QED) is 0.755. The molecular weight excluding hydrogens is 207 g/mol. The zero-order chi connectivity index (χ0) is 12.0. The molecular formula is C13H19FO2. The van der Waals surface area contributed by atoms with Crippen molar-refractivity contribution in [3.8, 4) is 0 Å². The van der Waals surface area contributed by atoms with Crippen molar-refractivity contribution < 1.29 is 14.2 Å². The lowest BCUT2D eigenvalue weighted by molar-refractivity contribution is -0.0328. The molecule has 16 heavy (non-hydrogen) atoms. The first-order valence-corrected chi connectivity index (χ1v) is 5.58. The smallest absolute Gasteiger partial charge is 0.123 e. The summed E-state index contributed by atoms with van der Waals surface area (Å²) in [5.41, 5.74) is -0.159. The van der Waals surface area contributed by atoms with Crippen LogP contribution in [0.25, 0.3) is 0 Å². The predicted octanol–water partition coefficient (Wildman–Crippen LogP) is 2.55. The van der Waals surface area contributed by atoms with Crippen molar-refractivity contribution in [2.75, 3.05) is 13.2 Å². The fourth-order valence-electron chi connectivity index (χ4n) is 1.57. The molecule has 90 valence electrons. The topological polar surface area (TPSA) is 29.5 Å². The highest BCUT2D eigenvalue weighted by molar-refractivity contribution is 5.18. The van der Waals surface area contributed by atoms with Crippen LogP contribution in [-0.2, 0) is 11.2 Å². The molecule has 1 N–H and O–H groups in total. The van der Waals surface area contributed by atoms with Crippen molar-refractivity contribution in [3.63, 3.8) is 0 Å². The minimum atomic E-state index is -0.942. The summed E-state index contributed by atoms with van der Waals surface area (Å²) in [5.74, 6) is -0.275. The first-order valence-electron chi connectivity index (χ1n) is 5.58. The molecule has 1 unspecified atom stereocenters. The minimum absolute atomic E-state index is 0.275. The van der Waals surface area contributed by atoms with Gasteiger partial charge in [0.15, 0.2) is 0 Å². The van der Waals surface area contributed by atoms with Crippen molar-refractivity contribution in [3.05, 3.63) is 35.6 Å². The molecule has 0 spiro atoms. The van der Waals surface area contributed by atoms with Gasteiger partial charge in [0.1, 0.15) is 5.82 Å². The normalized spacial score (nSPS) is 14.8. The summed E-state index contributed by atoms with van der Waals surface area (Å²) >= 11 is 0. The van der Waals surface area contributed by atoms with E-state index in [0.717, 1.165) is 12.0 Å². The molecule has 0 saturated heterocycles. The Hall–Kier alpha value is -0.930. The van der Waals surface area contributed by atoms with Crippen molar-refractivity contribution in [2.45, 2.75) is 32.3 Å². The first-order chi connectivity index (χ1) is 7.53. The van der Waals surface area contributed by atoms with Crippen molar-refractivity contribution >= 4 is 0 Å². The van der Waals surface area contributed by atoms with E-state index in [9.17, 15) is 9.50 Å². The largest absolute Gasteiger partial charge is 0.387 e. The van der Waals surface area contributed by atoms with E-state index in [-0.39, 0.29) is 12.4 Å². The number of rotatable bonds is 6. The van der Waals surface area contributed by atoms with Gasteiger partial charge in [0.2, 0.25) is 0 Å². The fraction of sp³-hybridized carbons (Fsp3) is 0.538. The van der Waals surface area contributed by atoms with Crippen LogP contribution in [0.4, 0.5) is 4.39 Å². The average molecular weight is 226 g/mol. The third kappa shape index (κ3) is 4.73. The van der Waals surface area contributed by atoms with Gasteiger partial charge in [0.05, 0.1) is 12.2 Å². The highest BCUT2D eigenvalue weighted by atomic mass is 19.1. The van der Waals surface area contributed by atoms with Crippen molar-refractivity contribution in [1.29, 1.82) is 0 Å². The Kier molecular flexibility index (Phi) is 4.90. The maximum atomic E-state index is 12.9. The lowest BCUT2D eigenvalue weighted by atomic mass is 9.97. The van der Waals surface area contributed by atoms with E-state index in [0.29, 0.717) is 13.0 Å². The standard InChI is InChI=1S/C13H19FO2/c1-3-7-16-10-13(2,15)9-11-5-4-6-12(14)8-11/h4-6,8,15H,3,7,9-10H2,1-2H3. The molecule has 0 aliphatic rings. The highest BCUT2D eigenvalue weighted by Crippen LogP contribution is 2.14. The van der Waals surface area contributed by atoms with Gasteiger partial charge < -0.3 is 9.84 Å². The second-order valence-electron chi connectivity index (χ2n) is 4.36. The maximum Gasteiger partial charge on any atom is 0.123 e. The van der Waals surface area contributed by atoms with Crippen LogP contribution in [0.1, 0.15) is 25.8 Å². The molecule has 0 fully saturated rings. The Morgan fingerprint density at radius 2 is 2.19 bits per heavy atom. The van der Waals surface area contributed by atoms with Gasteiger partial charge in [-0.15, -0.1) is 0 Å². The van der Waals surface area contributed by atoms with Gasteiger partial charge in [0, 0.05) is 13.0 Å². The van der Waals surface area contributed by atoms with Gasteiger partial charge in [-0.2, -0.15) is 0 Å². The van der Waals surface area contributed by atoms with Gasteiger partial charge in [-0.05, 0) is 31.0 Å². The third-order valence-electron chi connectivity index (χ3n) is 2.24. The van der Waals surface area contributed by atoms with Gasteiger partial charge in [-0.25, -0.2) is 4.39 Å². The molecule has 2 nitrogen and oxygen atoms in total. The van der Waals surface area contributed by atoms with Crippen LogP contribution in [0.5, 0.6) is 0 Å². The molecule has 0 amide bonds. The number of hydrogen-bond acceptors (Lipinski definition) is 2. The Morgan fingerprint density at radius 1 is 1.44 bits per heavy atom. The molecule has 1 aromatic carbocycles. The molecule has 1 rings (SSSR count). The molecule has 0 aliphatic carbocycles. The Bertz CT molecular complexity index is 323. The zero-order valence-electron chi connectivity index (χ0n) is 9.87. The Morgan fingerprint density at radius 3 is 2.81 bits per heavy atom. The fourth-order valence-corrected chi connectivity index (χ4v) is 1.57. The number of aliphatic hydroxyl groups is 1. The lowest BCUT2D eigenvalue weighted by Crippen LogP contribution is -2.33. The summed E-state index contributed by atoms with van der Waals surface area (Å²) in [6.07, 6.45) is 1.32. The van der Waals surface area contributed by atoms with E-state index < -0.39 is 5.60 Å². The van der Waals surface area contributed by atoms with E-state index in [2.05, 4.69) is 0 Å². The Labute approximate surface area is 96.1 Å². The van der Waals surface area contributed by atoms with Crippen LogP contribution in [0.3, 0.4) is 0 Å². The molecule has 3 heteroatoms. The monoisotopic (exact) mass is 226 g/mol. The summed E-state index contributed by atoms with van der Waals surface area (Å²) in [4.78, 5) is 0. The average Bonchev–Trinajstić information content (AvgIpc) is 2.17. The van der Waals surface area contributed by atoms with Crippen LogP contribution in [-0.4, -0.2) is 23.9 Å². The van der Waals surface area contributed by atoms with Gasteiger partial charge in [-0.1, -0.05) is 19.1 Å². The summed E-state index contributed by atoms with van der Waals surface area (Å²) in [7, 11) is 0. The second-order valence-corrected chi connectivity index (χ2v) is 4.36. The molecule has 1 atom stereocenters. The van der Waals surface area contributed by atoms with Crippen molar-refractivity contribution in [1.82, 2.24) is 0 Å². The molecule has 0 aromatic heterocycles. The predicted molar refractivity (Wildman–Crippen MR) is 61.8 cm³/mol. The number of hydrogen-bond donors (Lipinski definition) is 1. The van der Waals surface area contributed by atoms with Gasteiger partial charge in [0.25, 0.3) is 0 Å². The molecule has 0 radical (unpaired) electrons. The molecule has 0 saturated carbocycles. The molecule has 1 aromatic rings.